The van der Waals surface area contributed by atoms with Crippen LogP contribution in [0.25, 0.3) is 0 Å². The van der Waals surface area contributed by atoms with Crippen molar-refractivity contribution in [1.29, 1.82) is 0 Å². The van der Waals surface area contributed by atoms with E-state index in [1.54, 1.807) is 25.1 Å². The van der Waals surface area contributed by atoms with E-state index >= 15 is 0 Å². The average Bonchev–Trinajstić information content (AvgIpc) is 2.81. The molecule has 0 radical (unpaired) electrons. The quantitative estimate of drug-likeness (QED) is 0.795. The van der Waals surface area contributed by atoms with Crippen molar-refractivity contribution >= 4 is 5.88 Å². The minimum absolute atomic E-state index is 0.308. The van der Waals surface area contributed by atoms with E-state index in [1.807, 2.05) is 18.2 Å². The Hall–Kier alpha value is -2.24. The maximum Gasteiger partial charge on any atom is 0.293 e. The lowest BCUT2D eigenvalue weighted by Crippen LogP contribution is -2.35. The molecule has 0 saturated carbocycles. The summed E-state index contributed by atoms with van der Waals surface area (Å²) < 4.78 is 16.9. The van der Waals surface area contributed by atoms with Crippen LogP contribution in [0, 0.1) is 0 Å². The minimum Gasteiger partial charge on any atom is -0.493 e. The highest BCUT2D eigenvalue weighted by Gasteiger charge is 2.10. The van der Waals surface area contributed by atoms with Crippen LogP contribution in [0.15, 0.2) is 28.9 Å². The van der Waals surface area contributed by atoms with Crippen LogP contribution in [0.2, 0.25) is 0 Å². The van der Waals surface area contributed by atoms with Gasteiger partial charge in [0, 0.05) is 6.42 Å². The summed E-state index contributed by atoms with van der Waals surface area (Å²) in [4.78, 5) is 0. The van der Waals surface area contributed by atoms with Crippen LogP contribution in [0.1, 0.15) is 5.56 Å². The molecule has 0 saturated heterocycles. The summed E-state index contributed by atoms with van der Waals surface area (Å²) in [6, 6.07) is 5.82. The molecule has 0 aliphatic carbocycles. The van der Waals surface area contributed by atoms with Gasteiger partial charge >= 0.3 is 0 Å². The van der Waals surface area contributed by atoms with Crippen molar-refractivity contribution in [3.05, 3.63) is 30.0 Å². The predicted molar refractivity (Wildman–Crippen MR) is 64.4 cm³/mol. The number of hydrogen-bond acceptors (Lipinski definition) is 5. The molecular weight excluding hydrogens is 234 g/mol. The molecule has 1 aromatic heterocycles. The van der Waals surface area contributed by atoms with Gasteiger partial charge in [0.25, 0.3) is 12.1 Å². The number of aromatic nitrogens is 2. The van der Waals surface area contributed by atoms with Crippen molar-refractivity contribution in [3.63, 3.8) is 0 Å². The topological polar surface area (TPSA) is 74.4 Å². The molecule has 0 fully saturated rings. The van der Waals surface area contributed by atoms with E-state index in [1.165, 1.54) is 0 Å². The number of nitrogens with two attached hydrogens (primary N) is 1. The number of anilines is 1. The number of nitrogen functional groups attached to an aromatic ring is 1. The van der Waals surface area contributed by atoms with Crippen molar-refractivity contribution in [2.45, 2.75) is 13.0 Å². The van der Waals surface area contributed by atoms with E-state index in [2.05, 4.69) is 5.27 Å². The monoisotopic (exact) mass is 250 g/mol. The van der Waals surface area contributed by atoms with Gasteiger partial charge in [-0.05, 0) is 17.7 Å². The summed E-state index contributed by atoms with van der Waals surface area (Å²) >= 11 is 0. The van der Waals surface area contributed by atoms with E-state index in [0.717, 1.165) is 23.5 Å². The molecule has 96 valence electrons. The molecule has 0 aliphatic heterocycles. The second kappa shape index (κ2) is 5.39. The lowest BCUT2D eigenvalue weighted by Gasteiger charge is -2.08. The standard InChI is InChI=1S/C12H16N3O3/c1-16-10-4-3-9(7-11(10)17-2)5-6-15-8-12(13)18-14-15/h3-4,7-8H,5-6,13H2,1-2H3/q+1. The number of nitrogens with zero attached hydrogens (tertiary/aromatic N) is 2. The Kier molecular flexibility index (Phi) is 3.66. The third-order valence-corrected chi connectivity index (χ3v) is 2.60. The number of ether oxygens (including phenoxy) is 2. The van der Waals surface area contributed by atoms with E-state index in [-0.39, 0.29) is 0 Å². The smallest absolute Gasteiger partial charge is 0.293 e. The first-order valence-corrected chi connectivity index (χ1v) is 5.55. The SMILES string of the molecule is COc1ccc(CC[n+]2cc(N)on2)cc1OC. The summed E-state index contributed by atoms with van der Waals surface area (Å²) in [5.41, 5.74) is 6.57. The van der Waals surface area contributed by atoms with Gasteiger partial charge in [0.15, 0.2) is 18.0 Å². The highest BCUT2D eigenvalue weighted by Crippen LogP contribution is 2.27. The largest absolute Gasteiger partial charge is 0.493 e. The minimum atomic E-state index is 0.308. The van der Waals surface area contributed by atoms with Crippen molar-refractivity contribution in [3.8, 4) is 11.5 Å². The number of benzene rings is 1. The van der Waals surface area contributed by atoms with Gasteiger partial charge < -0.3 is 15.2 Å². The Morgan fingerprint density at radius 2 is 2.06 bits per heavy atom. The van der Waals surface area contributed by atoms with E-state index < -0.39 is 0 Å². The van der Waals surface area contributed by atoms with Gasteiger partial charge in [-0.2, -0.15) is 0 Å². The molecule has 0 amide bonds. The van der Waals surface area contributed by atoms with Crippen LogP contribution in [0.3, 0.4) is 0 Å². The Morgan fingerprint density at radius 1 is 1.28 bits per heavy atom. The van der Waals surface area contributed by atoms with Crippen molar-refractivity contribution in [2.24, 2.45) is 0 Å². The summed E-state index contributed by atoms with van der Waals surface area (Å²) in [6.45, 7) is 0.691. The molecule has 1 aromatic carbocycles. The Balaban J connectivity index is 2.05. The zero-order valence-electron chi connectivity index (χ0n) is 10.4. The average molecular weight is 250 g/mol. The van der Waals surface area contributed by atoms with Crippen molar-refractivity contribution < 1.29 is 18.7 Å². The molecule has 0 aliphatic rings. The fourth-order valence-electron chi connectivity index (χ4n) is 1.68. The highest BCUT2D eigenvalue weighted by atomic mass is 16.5. The molecule has 18 heavy (non-hydrogen) atoms. The maximum absolute atomic E-state index is 5.44. The fourth-order valence-corrected chi connectivity index (χ4v) is 1.68. The zero-order chi connectivity index (χ0) is 13.0. The third kappa shape index (κ3) is 2.71. The van der Waals surface area contributed by atoms with Crippen LogP contribution in [-0.4, -0.2) is 19.5 Å². The molecule has 0 bridgehead atoms. The van der Waals surface area contributed by atoms with Gasteiger partial charge in [-0.3, -0.25) is 4.52 Å². The fraction of sp³-hybridized carbons (Fsp3) is 0.333. The lowest BCUT2D eigenvalue weighted by molar-refractivity contribution is -0.761. The van der Waals surface area contributed by atoms with E-state index in [4.69, 9.17) is 19.7 Å². The second-order valence-corrected chi connectivity index (χ2v) is 3.81. The number of methoxy groups -OCH3 is 2. The first-order valence-electron chi connectivity index (χ1n) is 5.55. The van der Waals surface area contributed by atoms with Gasteiger partial charge in [-0.25, -0.2) is 0 Å². The van der Waals surface area contributed by atoms with Crippen LogP contribution >= 0.6 is 0 Å². The third-order valence-electron chi connectivity index (χ3n) is 2.60. The van der Waals surface area contributed by atoms with E-state index in [0.29, 0.717) is 12.4 Å². The molecular formula is C12H16N3O3+. The molecule has 2 rings (SSSR count). The first-order chi connectivity index (χ1) is 8.72. The van der Waals surface area contributed by atoms with Crippen molar-refractivity contribution in [2.75, 3.05) is 20.0 Å². The first kappa shape index (κ1) is 12.2. The Morgan fingerprint density at radius 3 is 2.67 bits per heavy atom. The van der Waals surface area contributed by atoms with Crippen LogP contribution in [0.5, 0.6) is 11.5 Å². The van der Waals surface area contributed by atoms with Crippen LogP contribution in [-0.2, 0) is 13.0 Å². The lowest BCUT2D eigenvalue weighted by atomic mass is 10.1. The Bertz CT molecular complexity index is 525. The molecule has 1 heterocycles. The Labute approximate surface area is 105 Å². The van der Waals surface area contributed by atoms with Crippen molar-refractivity contribution in [1.82, 2.24) is 5.27 Å². The van der Waals surface area contributed by atoms with Gasteiger partial charge in [0.05, 0.1) is 14.2 Å². The second-order valence-electron chi connectivity index (χ2n) is 3.81. The molecule has 6 nitrogen and oxygen atoms in total. The molecule has 0 unspecified atom stereocenters. The summed E-state index contributed by atoms with van der Waals surface area (Å²) in [5.74, 6) is 1.75. The highest BCUT2D eigenvalue weighted by molar-refractivity contribution is 5.42. The summed E-state index contributed by atoms with van der Waals surface area (Å²) in [5, 5.41) is 3.77. The summed E-state index contributed by atoms with van der Waals surface area (Å²) in [7, 11) is 3.24. The molecule has 2 aromatic rings. The normalized spacial score (nSPS) is 10.3. The zero-order valence-corrected chi connectivity index (χ0v) is 10.4. The molecule has 6 heteroatoms. The number of rotatable bonds is 5. The number of hydrogen-bond donors (Lipinski definition) is 1. The molecule has 0 atom stereocenters. The number of aryl methyl sites for hydroxylation is 2. The van der Waals surface area contributed by atoms with Crippen LogP contribution in [0.4, 0.5) is 5.88 Å². The molecule has 0 spiro atoms. The van der Waals surface area contributed by atoms with Gasteiger partial charge in [-0.15, -0.1) is 0 Å². The summed E-state index contributed by atoms with van der Waals surface area (Å²) in [6.07, 6.45) is 2.46. The maximum atomic E-state index is 5.44. The molecule has 2 N–H and O–H groups in total. The van der Waals surface area contributed by atoms with E-state index in [9.17, 15) is 0 Å². The van der Waals surface area contributed by atoms with Gasteiger partial charge in [-0.1, -0.05) is 10.7 Å². The van der Waals surface area contributed by atoms with Gasteiger partial charge in [0.2, 0.25) is 5.27 Å². The van der Waals surface area contributed by atoms with Gasteiger partial charge in [0.1, 0.15) is 0 Å². The predicted octanol–water partition coefficient (Wildman–Crippen LogP) is 0.804. The van der Waals surface area contributed by atoms with Crippen LogP contribution < -0.4 is 19.9 Å².